The van der Waals surface area contributed by atoms with E-state index in [9.17, 15) is 9.18 Å². The van der Waals surface area contributed by atoms with Crippen molar-refractivity contribution in [2.45, 2.75) is 52.5 Å². The summed E-state index contributed by atoms with van der Waals surface area (Å²) >= 11 is 0. The fourth-order valence-corrected chi connectivity index (χ4v) is 4.36. The van der Waals surface area contributed by atoms with Crippen LogP contribution in [0.5, 0.6) is 0 Å². The minimum Gasteiger partial charge on any atom is -0.464 e. The van der Waals surface area contributed by atoms with Crippen molar-refractivity contribution in [2.75, 3.05) is 5.32 Å². The molecule has 3 heterocycles. The second-order valence-electron chi connectivity index (χ2n) is 8.47. The molecule has 2 aromatic carbocycles. The van der Waals surface area contributed by atoms with E-state index >= 15 is 0 Å². The number of nitrogens with one attached hydrogen (secondary N) is 1. The molecule has 7 heteroatoms. The van der Waals surface area contributed by atoms with Gasteiger partial charge in [0.25, 0.3) is 0 Å². The summed E-state index contributed by atoms with van der Waals surface area (Å²) in [5.74, 6) is 0.837. The highest BCUT2D eigenvalue weighted by atomic mass is 19.1. The van der Waals surface area contributed by atoms with Gasteiger partial charge < -0.3 is 14.3 Å². The number of hydrogen-bond acceptors (Lipinski definition) is 4. The van der Waals surface area contributed by atoms with Crippen LogP contribution >= 0.6 is 0 Å². The number of benzene rings is 2. The Balaban J connectivity index is 1.38. The largest absolute Gasteiger partial charge is 0.464 e. The number of carbonyl (C=O) groups is 1. The average Bonchev–Trinajstić information content (AvgIpc) is 3.29. The first kappa shape index (κ1) is 20.4. The summed E-state index contributed by atoms with van der Waals surface area (Å²) in [7, 11) is 0. The Labute approximate surface area is 185 Å². The van der Waals surface area contributed by atoms with Gasteiger partial charge in [0.2, 0.25) is 5.91 Å². The van der Waals surface area contributed by atoms with E-state index in [0.29, 0.717) is 17.1 Å². The Morgan fingerprint density at radius 3 is 2.91 bits per heavy atom. The van der Waals surface area contributed by atoms with E-state index < -0.39 is 0 Å². The first-order chi connectivity index (χ1) is 15.5. The predicted octanol–water partition coefficient (Wildman–Crippen LogP) is 5.35. The van der Waals surface area contributed by atoms with Gasteiger partial charge >= 0.3 is 0 Å². The Morgan fingerprint density at radius 1 is 1.16 bits per heavy atom. The van der Waals surface area contributed by atoms with Crippen LogP contribution in [0.2, 0.25) is 0 Å². The predicted molar refractivity (Wildman–Crippen MR) is 121 cm³/mol. The van der Waals surface area contributed by atoms with E-state index in [4.69, 9.17) is 4.42 Å². The zero-order valence-electron chi connectivity index (χ0n) is 18.2. The second-order valence-corrected chi connectivity index (χ2v) is 8.47. The van der Waals surface area contributed by atoms with Crippen LogP contribution in [0.25, 0.3) is 22.4 Å². The Morgan fingerprint density at radius 2 is 2.03 bits per heavy atom. The van der Waals surface area contributed by atoms with Gasteiger partial charge in [0, 0.05) is 29.6 Å². The van der Waals surface area contributed by atoms with Crippen molar-refractivity contribution in [3.63, 3.8) is 0 Å². The highest BCUT2D eigenvalue weighted by Crippen LogP contribution is 2.29. The van der Waals surface area contributed by atoms with Crippen LogP contribution in [0, 0.1) is 19.7 Å². The van der Waals surface area contributed by atoms with E-state index in [2.05, 4.69) is 15.5 Å². The van der Waals surface area contributed by atoms with Gasteiger partial charge in [-0.2, -0.15) is 0 Å². The van der Waals surface area contributed by atoms with E-state index in [1.54, 1.807) is 18.4 Å². The average molecular weight is 432 g/mol. The number of aryl methyl sites for hydroxylation is 3. The monoisotopic (exact) mass is 432 g/mol. The summed E-state index contributed by atoms with van der Waals surface area (Å²) in [6, 6.07) is 8.58. The number of rotatable bonds is 4. The number of hydrogen-bond donors (Lipinski definition) is 1. The summed E-state index contributed by atoms with van der Waals surface area (Å²) in [6.45, 7) is 4.82. The lowest BCUT2D eigenvalue weighted by Gasteiger charge is -2.10. The third kappa shape index (κ3) is 3.68. The van der Waals surface area contributed by atoms with Gasteiger partial charge in [-0.25, -0.2) is 4.39 Å². The number of anilines is 1. The molecule has 0 unspecified atom stereocenters. The summed E-state index contributed by atoms with van der Waals surface area (Å²) < 4.78 is 22.4. The van der Waals surface area contributed by atoms with Crippen molar-refractivity contribution in [1.29, 1.82) is 0 Å². The van der Waals surface area contributed by atoms with Crippen LogP contribution < -0.4 is 5.32 Å². The second kappa shape index (κ2) is 8.22. The number of fused-ring (bicyclic) bond motifs is 2. The molecule has 1 amide bonds. The van der Waals surface area contributed by atoms with Crippen LogP contribution in [0.1, 0.15) is 41.8 Å². The Hall–Kier alpha value is -3.48. The Kier molecular flexibility index (Phi) is 5.25. The number of furan rings is 1. The summed E-state index contributed by atoms with van der Waals surface area (Å²) in [5.41, 5.74) is 4.73. The number of carbonyl (C=O) groups excluding carboxylic acids is 1. The molecule has 2 aromatic heterocycles. The van der Waals surface area contributed by atoms with Gasteiger partial charge in [0.1, 0.15) is 17.2 Å². The van der Waals surface area contributed by atoms with Crippen LogP contribution in [0.4, 0.5) is 10.1 Å². The molecule has 0 radical (unpaired) electrons. The van der Waals surface area contributed by atoms with Crippen molar-refractivity contribution in [3.8, 4) is 11.4 Å². The Bertz CT molecular complexity index is 1320. The molecule has 6 nitrogen and oxygen atoms in total. The molecule has 164 valence electrons. The molecule has 0 bridgehead atoms. The molecule has 0 saturated carbocycles. The van der Waals surface area contributed by atoms with Gasteiger partial charge in [-0.05, 0) is 56.0 Å². The van der Waals surface area contributed by atoms with Crippen molar-refractivity contribution in [3.05, 3.63) is 64.9 Å². The quantitative estimate of drug-likeness (QED) is 0.471. The molecular formula is C25H25FN4O2. The molecule has 32 heavy (non-hydrogen) atoms. The molecule has 0 aliphatic carbocycles. The molecule has 0 atom stereocenters. The number of halogens is 1. The zero-order chi connectivity index (χ0) is 22.2. The van der Waals surface area contributed by atoms with Crippen molar-refractivity contribution >= 4 is 22.6 Å². The van der Waals surface area contributed by atoms with E-state index in [0.717, 1.165) is 65.7 Å². The summed E-state index contributed by atoms with van der Waals surface area (Å²) in [6.07, 6.45) is 5.87. The third-order valence-electron chi connectivity index (χ3n) is 6.29. The number of aromatic nitrogens is 3. The van der Waals surface area contributed by atoms with Crippen LogP contribution in [0.15, 0.2) is 41.0 Å². The fourth-order valence-electron chi connectivity index (χ4n) is 4.36. The third-order valence-corrected chi connectivity index (χ3v) is 6.29. The summed E-state index contributed by atoms with van der Waals surface area (Å²) in [5, 5.41) is 12.3. The van der Waals surface area contributed by atoms with Gasteiger partial charge in [-0.1, -0.05) is 18.6 Å². The minimum atomic E-state index is -0.380. The van der Waals surface area contributed by atoms with Crippen LogP contribution in [-0.4, -0.2) is 20.7 Å². The van der Waals surface area contributed by atoms with Crippen molar-refractivity contribution < 1.29 is 13.6 Å². The molecular weight excluding hydrogens is 407 g/mol. The topological polar surface area (TPSA) is 73.0 Å². The van der Waals surface area contributed by atoms with Gasteiger partial charge in [0.05, 0.1) is 18.2 Å². The molecule has 5 rings (SSSR count). The van der Waals surface area contributed by atoms with Gasteiger partial charge in [0.15, 0.2) is 5.82 Å². The molecule has 0 saturated heterocycles. The van der Waals surface area contributed by atoms with E-state index in [-0.39, 0.29) is 18.1 Å². The molecule has 1 aliphatic rings. The van der Waals surface area contributed by atoms with Crippen LogP contribution in [0.3, 0.4) is 0 Å². The van der Waals surface area contributed by atoms with Gasteiger partial charge in [-0.15, -0.1) is 10.2 Å². The molecule has 4 aromatic rings. The minimum absolute atomic E-state index is 0.169. The molecule has 1 N–H and O–H groups in total. The molecule has 1 aliphatic heterocycles. The highest BCUT2D eigenvalue weighted by molar-refractivity contribution is 5.96. The molecule has 0 fully saturated rings. The van der Waals surface area contributed by atoms with E-state index in [1.165, 1.54) is 6.07 Å². The smallest absolute Gasteiger partial charge is 0.228 e. The van der Waals surface area contributed by atoms with Gasteiger partial charge in [-0.3, -0.25) is 4.79 Å². The summed E-state index contributed by atoms with van der Waals surface area (Å²) in [4.78, 5) is 12.8. The number of amides is 1. The fraction of sp³-hybridized carbons (Fsp3) is 0.320. The van der Waals surface area contributed by atoms with Crippen LogP contribution in [-0.2, 0) is 24.2 Å². The SMILES string of the molecule is Cc1ccc2c(CC(=O)Nc3ccc(F)c(-c4nnc5n4CCCCC5)c3)coc2c1C. The lowest BCUT2D eigenvalue weighted by atomic mass is 10.0. The van der Waals surface area contributed by atoms with Crippen molar-refractivity contribution in [1.82, 2.24) is 14.8 Å². The molecule has 0 spiro atoms. The number of nitrogens with zero attached hydrogens (tertiary/aromatic N) is 3. The maximum Gasteiger partial charge on any atom is 0.228 e. The maximum atomic E-state index is 14.7. The maximum absolute atomic E-state index is 14.7. The standard InChI is InChI=1S/C25H25FN4O2/c1-15-7-9-19-17(14-32-24(19)16(15)2)12-23(31)27-18-8-10-21(26)20(13-18)25-29-28-22-6-4-3-5-11-30(22)25/h7-10,13-14H,3-6,11-12H2,1-2H3,(H,27,31). The normalized spacial score (nSPS) is 13.7. The lowest BCUT2D eigenvalue weighted by Crippen LogP contribution is -2.14. The highest BCUT2D eigenvalue weighted by Gasteiger charge is 2.20. The first-order valence-corrected chi connectivity index (χ1v) is 11.0. The van der Waals surface area contributed by atoms with E-state index in [1.807, 2.05) is 30.5 Å². The zero-order valence-corrected chi connectivity index (χ0v) is 18.2. The van der Waals surface area contributed by atoms with Crippen molar-refractivity contribution in [2.24, 2.45) is 0 Å². The lowest BCUT2D eigenvalue weighted by molar-refractivity contribution is -0.115. The first-order valence-electron chi connectivity index (χ1n) is 11.0.